The molecule has 84 valence electrons. The van der Waals surface area contributed by atoms with Gasteiger partial charge in [-0.1, -0.05) is 13.3 Å². The van der Waals surface area contributed by atoms with Gasteiger partial charge >= 0.3 is 0 Å². The van der Waals surface area contributed by atoms with Crippen molar-refractivity contribution < 1.29 is 0 Å². The first kappa shape index (κ1) is 10.7. The maximum atomic E-state index is 4.20. The summed E-state index contributed by atoms with van der Waals surface area (Å²) >= 11 is 0. The molecule has 15 heavy (non-hydrogen) atoms. The summed E-state index contributed by atoms with van der Waals surface area (Å²) in [5.74, 6) is 0.922. The zero-order chi connectivity index (χ0) is 10.8. The van der Waals surface area contributed by atoms with E-state index in [1.807, 2.05) is 17.9 Å². The predicted molar refractivity (Wildman–Crippen MR) is 61.6 cm³/mol. The zero-order valence-electron chi connectivity index (χ0n) is 9.90. The lowest BCUT2D eigenvalue weighted by atomic mass is 10.2. The molecule has 3 heteroatoms. The van der Waals surface area contributed by atoms with Gasteiger partial charge in [0.25, 0.3) is 0 Å². The Labute approximate surface area is 91.9 Å². The monoisotopic (exact) mass is 207 g/mol. The van der Waals surface area contributed by atoms with Crippen LogP contribution < -0.4 is 5.32 Å². The normalized spacial score (nSPS) is 26.6. The van der Waals surface area contributed by atoms with Gasteiger partial charge in [0.1, 0.15) is 0 Å². The van der Waals surface area contributed by atoms with E-state index in [2.05, 4.69) is 30.3 Å². The van der Waals surface area contributed by atoms with Crippen LogP contribution in [-0.2, 0) is 7.05 Å². The molecule has 1 aromatic heterocycles. The molecule has 0 amide bonds. The molecule has 0 aliphatic heterocycles. The Balaban J connectivity index is 1.84. The van der Waals surface area contributed by atoms with Gasteiger partial charge in [0.05, 0.1) is 5.69 Å². The molecular weight excluding hydrogens is 186 g/mol. The van der Waals surface area contributed by atoms with Crippen LogP contribution in [0.1, 0.15) is 44.8 Å². The number of hydrogen-bond acceptors (Lipinski definition) is 2. The van der Waals surface area contributed by atoms with Crippen LogP contribution in [0.3, 0.4) is 0 Å². The van der Waals surface area contributed by atoms with Crippen molar-refractivity contribution in [2.75, 3.05) is 0 Å². The number of nitrogens with zero attached hydrogens (tertiary/aromatic N) is 2. The fourth-order valence-electron chi connectivity index (χ4n) is 2.36. The lowest BCUT2D eigenvalue weighted by Gasteiger charge is -2.14. The van der Waals surface area contributed by atoms with Gasteiger partial charge < -0.3 is 5.32 Å². The molecule has 1 aliphatic carbocycles. The van der Waals surface area contributed by atoms with E-state index in [1.165, 1.54) is 25.0 Å². The topological polar surface area (TPSA) is 29.9 Å². The average Bonchev–Trinajstić information content (AvgIpc) is 2.76. The highest BCUT2D eigenvalue weighted by Crippen LogP contribution is 2.36. The first-order chi connectivity index (χ1) is 7.22. The van der Waals surface area contributed by atoms with Crippen LogP contribution in [0.15, 0.2) is 12.3 Å². The van der Waals surface area contributed by atoms with E-state index in [0.717, 1.165) is 12.0 Å². The van der Waals surface area contributed by atoms with Crippen molar-refractivity contribution in [1.82, 2.24) is 15.1 Å². The molecule has 0 bridgehead atoms. The number of aromatic nitrogens is 2. The standard InChI is InChI=1S/C12H21N3/c1-4-5-10-8-11(10)14-9(2)12-6-7-13-15(12)3/h6-7,9-11,14H,4-5,8H2,1-3H3. The van der Waals surface area contributed by atoms with E-state index >= 15 is 0 Å². The second kappa shape index (κ2) is 4.35. The van der Waals surface area contributed by atoms with Crippen molar-refractivity contribution in [1.29, 1.82) is 0 Å². The molecule has 0 spiro atoms. The van der Waals surface area contributed by atoms with E-state index in [0.29, 0.717) is 6.04 Å². The molecule has 1 aliphatic rings. The van der Waals surface area contributed by atoms with Crippen molar-refractivity contribution in [3.8, 4) is 0 Å². The van der Waals surface area contributed by atoms with Crippen LogP contribution in [0.5, 0.6) is 0 Å². The quantitative estimate of drug-likeness (QED) is 0.802. The van der Waals surface area contributed by atoms with Crippen LogP contribution in [0.25, 0.3) is 0 Å². The van der Waals surface area contributed by atoms with Gasteiger partial charge in [-0.3, -0.25) is 4.68 Å². The first-order valence-electron chi connectivity index (χ1n) is 5.96. The second-order valence-electron chi connectivity index (χ2n) is 4.66. The molecule has 1 aromatic rings. The summed E-state index contributed by atoms with van der Waals surface area (Å²) in [6, 6.07) is 3.26. The summed E-state index contributed by atoms with van der Waals surface area (Å²) in [5.41, 5.74) is 1.28. The van der Waals surface area contributed by atoms with E-state index in [4.69, 9.17) is 0 Å². The fourth-order valence-corrected chi connectivity index (χ4v) is 2.36. The maximum Gasteiger partial charge on any atom is 0.0547 e. The van der Waals surface area contributed by atoms with Gasteiger partial charge in [-0.2, -0.15) is 5.10 Å². The van der Waals surface area contributed by atoms with E-state index < -0.39 is 0 Å². The predicted octanol–water partition coefficient (Wildman–Crippen LogP) is 2.26. The van der Waals surface area contributed by atoms with Gasteiger partial charge in [-0.05, 0) is 31.7 Å². The van der Waals surface area contributed by atoms with Crippen molar-refractivity contribution in [2.45, 2.75) is 45.2 Å². The number of nitrogens with one attached hydrogen (secondary N) is 1. The molecule has 3 unspecified atom stereocenters. The van der Waals surface area contributed by atoms with Gasteiger partial charge in [-0.25, -0.2) is 0 Å². The molecule has 2 rings (SSSR count). The van der Waals surface area contributed by atoms with E-state index in [-0.39, 0.29) is 0 Å². The number of hydrogen-bond donors (Lipinski definition) is 1. The van der Waals surface area contributed by atoms with Crippen molar-refractivity contribution >= 4 is 0 Å². The Morgan fingerprint density at radius 1 is 1.67 bits per heavy atom. The molecular formula is C12H21N3. The third-order valence-corrected chi connectivity index (χ3v) is 3.35. The summed E-state index contributed by atoms with van der Waals surface area (Å²) in [7, 11) is 2.00. The summed E-state index contributed by atoms with van der Waals surface area (Å²) < 4.78 is 1.95. The first-order valence-corrected chi connectivity index (χ1v) is 5.96. The maximum absolute atomic E-state index is 4.20. The number of rotatable bonds is 5. The van der Waals surface area contributed by atoms with Crippen LogP contribution in [0.4, 0.5) is 0 Å². The Morgan fingerprint density at radius 2 is 2.47 bits per heavy atom. The van der Waals surface area contributed by atoms with Gasteiger partial charge in [-0.15, -0.1) is 0 Å². The molecule has 1 fully saturated rings. The summed E-state index contributed by atoms with van der Waals surface area (Å²) in [6.07, 6.45) is 5.90. The zero-order valence-corrected chi connectivity index (χ0v) is 9.90. The van der Waals surface area contributed by atoms with Crippen molar-refractivity contribution in [3.63, 3.8) is 0 Å². The van der Waals surface area contributed by atoms with Crippen LogP contribution in [0, 0.1) is 5.92 Å². The number of aryl methyl sites for hydroxylation is 1. The van der Waals surface area contributed by atoms with Crippen molar-refractivity contribution in [3.05, 3.63) is 18.0 Å². The Hall–Kier alpha value is -0.830. The molecule has 1 N–H and O–H groups in total. The minimum Gasteiger partial charge on any atom is -0.306 e. The minimum absolute atomic E-state index is 0.421. The van der Waals surface area contributed by atoms with Gasteiger partial charge in [0.15, 0.2) is 0 Å². The SMILES string of the molecule is CCCC1CC1NC(C)c1ccnn1C. The summed E-state index contributed by atoms with van der Waals surface area (Å²) in [6.45, 7) is 4.48. The van der Waals surface area contributed by atoms with Crippen LogP contribution in [-0.4, -0.2) is 15.8 Å². The highest BCUT2D eigenvalue weighted by molar-refractivity contribution is 5.07. The molecule has 0 aromatic carbocycles. The summed E-state index contributed by atoms with van der Waals surface area (Å²) in [5, 5.41) is 7.87. The average molecular weight is 207 g/mol. The third kappa shape index (κ3) is 2.40. The van der Waals surface area contributed by atoms with E-state index in [1.54, 1.807) is 0 Å². The van der Waals surface area contributed by atoms with Crippen LogP contribution >= 0.6 is 0 Å². The van der Waals surface area contributed by atoms with Crippen LogP contribution in [0.2, 0.25) is 0 Å². The lowest BCUT2D eigenvalue weighted by Crippen LogP contribution is -2.24. The lowest BCUT2D eigenvalue weighted by molar-refractivity contribution is 0.501. The second-order valence-corrected chi connectivity index (χ2v) is 4.66. The molecule has 3 nitrogen and oxygen atoms in total. The molecule has 0 saturated heterocycles. The Kier molecular flexibility index (Phi) is 3.10. The molecule has 1 saturated carbocycles. The van der Waals surface area contributed by atoms with Gasteiger partial charge in [0, 0.05) is 25.3 Å². The van der Waals surface area contributed by atoms with Crippen molar-refractivity contribution in [2.24, 2.45) is 13.0 Å². The highest BCUT2D eigenvalue weighted by Gasteiger charge is 2.36. The molecule has 1 heterocycles. The summed E-state index contributed by atoms with van der Waals surface area (Å²) in [4.78, 5) is 0. The Morgan fingerprint density at radius 3 is 3.07 bits per heavy atom. The fraction of sp³-hybridized carbons (Fsp3) is 0.750. The molecule has 0 radical (unpaired) electrons. The third-order valence-electron chi connectivity index (χ3n) is 3.35. The molecule has 3 atom stereocenters. The minimum atomic E-state index is 0.421. The smallest absolute Gasteiger partial charge is 0.0547 e. The largest absolute Gasteiger partial charge is 0.306 e. The van der Waals surface area contributed by atoms with E-state index in [9.17, 15) is 0 Å². The highest BCUT2D eigenvalue weighted by atomic mass is 15.3. The Bertz CT molecular complexity index is 318. The van der Waals surface area contributed by atoms with Gasteiger partial charge in [0.2, 0.25) is 0 Å².